The number of hydrogen-bond acceptors (Lipinski definition) is 2. The number of carbonyl (C=O) groups excluding carboxylic acids is 1. The standard InChI is InChI=1S/C21H25N3OS/c1-15(12-16-8-11-26-14-16)22-21(25)24-9-6-17(7-10-24)20-13-18-4-2-3-5-19(18)23-20/h2-5,8,11,13-15,17,23H,6-7,9-10,12H2,1H3,(H,22,25). The van der Waals surface area contributed by atoms with Crippen LogP contribution < -0.4 is 5.32 Å². The van der Waals surface area contributed by atoms with E-state index in [1.54, 1.807) is 11.3 Å². The van der Waals surface area contributed by atoms with Crippen molar-refractivity contribution in [3.8, 4) is 0 Å². The molecule has 0 spiro atoms. The number of hydrogen-bond donors (Lipinski definition) is 2. The number of amides is 2. The molecule has 3 heterocycles. The molecular formula is C21H25N3OS. The molecule has 3 aromatic rings. The Morgan fingerprint density at radius 3 is 2.85 bits per heavy atom. The van der Waals surface area contributed by atoms with E-state index < -0.39 is 0 Å². The molecule has 26 heavy (non-hydrogen) atoms. The monoisotopic (exact) mass is 367 g/mol. The molecule has 1 saturated heterocycles. The smallest absolute Gasteiger partial charge is 0.317 e. The second-order valence-corrected chi connectivity index (χ2v) is 8.04. The number of aromatic nitrogens is 1. The van der Waals surface area contributed by atoms with Gasteiger partial charge < -0.3 is 15.2 Å². The fourth-order valence-electron chi connectivity index (χ4n) is 3.82. The van der Waals surface area contributed by atoms with E-state index in [1.807, 2.05) is 4.90 Å². The first-order valence-electron chi connectivity index (χ1n) is 9.33. The van der Waals surface area contributed by atoms with Crippen LogP contribution in [0.15, 0.2) is 47.2 Å². The average molecular weight is 368 g/mol. The predicted octanol–water partition coefficient (Wildman–Crippen LogP) is 4.75. The van der Waals surface area contributed by atoms with Gasteiger partial charge in [0.25, 0.3) is 0 Å². The van der Waals surface area contributed by atoms with Crippen LogP contribution in [0.5, 0.6) is 0 Å². The summed E-state index contributed by atoms with van der Waals surface area (Å²) in [6.07, 6.45) is 2.92. The van der Waals surface area contributed by atoms with Crippen molar-refractivity contribution < 1.29 is 4.79 Å². The number of H-pyrrole nitrogens is 1. The van der Waals surface area contributed by atoms with Crippen molar-refractivity contribution in [3.05, 3.63) is 58.4 Å². The number of aromatic amines is 1. The molecule has 1 aliphatic rings. The average Bonchev–Trinajstić information content (AvgIpc) is 3.31. The number of carbonyl (C=O) groups is 1. The maximum atomic E-state index is 12.5. The second-order valence-electron chi connectivity index (χ2n) is 7.26. The molecule has 0 aliphatic carbocycles. The zero-order valence-corrected chi connectivity index (χ0v) is 15.9. The molecule has 0 bridgehead atoms. The van der Waals surface area contributed by atoms with Crippen LogP contribution in [0.2, 0.25) is 0 Å². The molecule has 2 amide bonds. The quantitative estimate of drug-likeness (QED) is 0.687. The summed E-state index contributed by atoms with van der Waals surface area (Å²) in [5.74, 6) is 0.509. The van der Waals surface area contributed by atoms with E-state index in [1.165, 1.54) is 22.2 Å². The summed E-state index contributed by atoms with van der Waals surface area (Å²) in [5, 5.41) is 8.65. The third kappa shape index (κ3) is 3.78. The molecule has 136 valence electrons. The summed E-state index contributed by atoms with van der Waals surface area (Å²) in [7, 11) is 0. The van der Waals surface area contributed by atoms with Crippen molar-refractivity contribution in [2.75, 3.05) is 13.1 Å². The van der Waals surface area contributed by atoms with Crippen LogP contribution >= 0.6 is 11.3 Å². The number of rotatable bonds is 4. The van der Waals surface area contributed by atoms with Crippen LogP contribution in [0.25, 0.3) is 10.9 Å². The van der Waals surface area contributed by atoms with E-state index in [9.17, 15) is 4.79 Å². The normalized spacial score (nSPS) is 16.7. The zero-order valence-electron chi connectivity index (χ0n) is 15.1. The molecule has 0 saturated carbocycles. The number of nitrogens with zero attached hydrogens (tertiary/aromatic N) is 1. The lowest BCUT2D eigenvalue weighted by Crippen LogP contribution is -2.47. The Balaban J connectivity index is 1.30. The number of para-hydroxylation sites is 1. The SMILES string of the molecule is CC(Cc1ccsc1)NC(=O)N1CCC(c2cc3ccccc3[nH]2)CC1. The molecule has 1 aromatic carbocycles. The Hall–Kier alpha value is -2.27. The molecule has 1 unspecified atom stereocenters. The van der Waals surface area contributed by atoms with Gasteiger partial charge in [0.1, 0.15) is 0 Å². The number of benzene rings is 1. The Morgan fingerprint density at radius 2 is 2.12 bits per heavy atom. The summed E-state index contributed by atoms with van der Waals surface area (Å²) in [6, 6.07) is 13.0. The van der Waals surface area contributed by atoms with Gasteiger partial charge in [-0.05, 0) is 66.1 Å². The number of likely N-dealkylation sites (tertiary alicyclic amines) is 1. The van der Waals surface area contributed by atoms with Crippen molar-refractivity contribution in [2.45, 2.75) is 38.1 Å². The third-order valence-electron chi connectivity index (χ3n) is 5.26. The number of nitrogens with one attached hydrogen (secondary N) is 2. The number of piperidine rings is 1. The van der Waals surface area contributed by atoms with Gasteiger partial charge in [-0.2, -0.15) is 11.3 Å². The Labute approximate surface area is 158 Å². The number of thiophene rings is 1. The highest BCUT2D eigenvalue weighted by Gasteiger charge is 2.25. The first kappa shape index (κ1) is 17.2. The lowest BCUT2D eigenvalue weighted by molar-refractivity contribution is 0.178. The first-order valence-corrected chi connectivity index (χ1v) is 10.3. The lowest BCUT2D eigenvalue weighted by atomic mass is 9.93. The van der Waals surface area contributed by atoms with E-state index in [-0.39, 0.29) is 12.1 Å². The van der Waals surface area contributed by atoms with Crippen molar-refractivity contribution >= 4 is 28.3 Å². The maximum absolute atomic E-state index is 12.5. The Bertz CT molecular complexity index is 829. The van der Waals surface area contributed by atoms with Crippen molar-refractivity contribution in [1.82, 2.24) is 15.2 Å². The lowest BCUT2D eigenvalue weighted by Gasteiger charge is -2.32. The highest BCUT2D eigenvalue weighted by atomic mass is 32.1. The van der Waals surface area contributed by atoms with E-state index in [4.69, 9.17) is 0 Å². The van der Waals surface area contributed by atoms with Gasteiger partial charge in [-0.25, -0.2) is 4.79 Å². The molecule has 2 aromatic heterocycles. The topological polar surface area (TPSA) is 48.1 Å². The van der Waals surface area contributed by atoms with Crippen LogP contribution in [-0.2, 0) is 6.42 Å². The molecule has 1 atom stereocenters. The van der Waals surface area contributed by atoms with E-state index in [0.717, 1.165) is 32.4 Å². The predicted molar refractivity (Wildman–Crippen MR) is 108 cm³/mol. The zero-order chi connectivity index (χ0) is 17.9. The highest BCUT2D eigenvalue weighted by molar-refractivity contribution is 7.07. The van der Waals surface area contributed by atoms with Gasteiger partial charge in [-0.1, -0.05) is 18.2 Å². The van der Waals surface area contributed by atoms with E-state index in [0.29, 0.717) is 5.92 Å². The largest absolute Gasteiger partial charge is 0.358 e. The summed E-state index contributed by atoms with van der Waals surface area (Å²) in [4.78, 5) is 18.0. The van der Waals surface area contributed by atoms with Crippen LogP contribution in [0.4, 0.5) is 4.79 Å². The maximum Gasteiger partial charge on any atom is 0.317 e. The minimum atomic E-state index is 0.0721. The summed E-state index contributed by atoms with van der Waals surface area (Å²) in [5.41, 5.74) is 3.79. The van der Waals surface area contributed by atoms with Crippen LogP contribution in [0, 0.1) is 0 Å². The van der Waals surface area contributed by atoms with Crippen molar-refractivity contribution in [3.63, 3.8) is 0 Å². The third-order valence-corrected chi connectivity index (χ3v) is 6.00. The van der Waals surface area contributed by atoms with Gasteiger partial charge in [-0.15, -0.1) is 0 Å². The summed E-state index contributed by atoms with van der Waals surface area (Å²) in [6.45, 7) is 3.71. The van der Waals surface area contributed by atoms with Gasteiger partial charge in [0.2, 0.25) is 0 Å². The Kier molecular flexibility index (Phi) is 4.98. The second kappa shape index (κ2) is 7.54. The van der Waals surface area contributed by atoms with Gasteiger partial charge >= 0.3 is 6.03 Å². The fourth-order valence-corrected chi connectivity index (χ4v) is 4.51. The molecule has 0 radical (unpaired) electrons. The highest BCUT2D eigenvalue weighted by Crippen LogP contribution is 2.29. The molecular weight excluding hydrogens is 342 g/mol. The van der Waals surface area contributed by atoms with Gasteiger partial charge in [-0.3, -0.25) is 0 Å². The van der Waals surface area contributed by atoms with Crippen LogP contribution in [0.1, 0.15) is 36.9 Å². The molecule has 4 rings (SSSR count). The summed E-state index contributed by atoms with van der Waals surface area (Å²) >= 11 is 1.70. The van der Waals surface area contributed by atoms with Gasteiger partial charge in [0.15, 0.2) is 0 Å². The van der Waals surface area contributed by atoms with E-state index in [2.05, 4.69) is 64.4 Å². The minimum absolute atomic E-state index is 0.0721. The molecule has 5 heteroatoms. The molecule has 4 nitrogen and oxygen atoms in total. The molecule has 1 fully saturated rings. The van der Waals surface area contributed by atoms with E-state index >= 15 is 0 Å². The molecule has 2 N–H and O–H groups in total. The van der Waals surface area contributed by atoms with Crippen LogP contribution in [0.3, 0.4) is 0 Å². The van der Waals surface area contributed by atoms with Gasteiger partial charge in [0, 0.05) is 36.3 Å². The van der Waals surface area contributed by atoms with Gasteiger partial charge in [0.05, 0.1) is 0 Å². The Morgan fingerprint density at radius 1 is 1.31 bits per heavy atom. The van der Waals surface area contributed by atoms with Crippen molar-refractivity contribution in [2.24, 2.45) is 0 Å². The first-order chi connectivity index (χ1) is 12.7. The molecule has 1 aliphatic heterocycles. The number of fused-ring (bicyclic) bond motifs is 1. The fraction of sp³-hybridized carbons (Fsp3) is 0.381. The van der Waals surface area contributed by atoms with Crippen LogP contribution in [-0.4, -0.2) is 35.0 Å². The van der Waals surface area contributed by atoms with Crippen molar-refractivity contribution in [1.29, 1.82) is 0 Å². The minimum Gasteiger partial charge on any atom is -0.358 e. The number of urea groups is 1. The summed E-state index contributed by atoms with van der Waals surface area (Å²) < 4.78 is 0.